The zero-order chi connectivity index (χ0) is 17.4. The van der Waals surface area contributed by atoms with Gasteiger partial charge in [-0.15, -0.1) is 0 Å². The third kappa shape index (κ3) is 4.84. The summed E-state index contributed by atoms with van der Waals surface area (Å²) in [5.74, 6) is 1.03. The molecule has 7 heteroatoms. The average molecular weight is 364 g/mol. The molecule has 0 amide bonds. The third-order valence-corrected chi connectivity index (χ3v) is 3.81. The van der Waals surface area contributed by atoms with E-state index in [1.54, 1.807) is 25.5 Å². The van der Waals surface area contributed by atoms with Gasteiger partial charge in [0.15, 0.2) is 16.6 Å². The molecule has 2 aromatic rings. The van der Waals surface area contributed by atoms with Crippen molar-refractivity contribution in [3.05, 3.63) is 58.6 Å². The van der Waals surface area contributed by atoms with Gasteiger partial charge in [-0.1, -0.05) is 41.9 Å². The van der Waals surface area contributed by atoms with E-state index in [0.717, 1.165) is 5.56 Å². The lowest BCUT2D eigenvalue weighted by Gasteiger charge is -2.10. The van der Waals surface area contributed by atoms with Crippen LogP contribution in [0.15, 0.2) is 47.6 Å². The molecule has 2 aromatic carbocycles. The molecule has 0 unspecified atom stereocenters. The fraction of sp³-hybridized carbons (Fsp3) is 0.176. The zero-order valence-corrected chi connectivity index (χ0v) is 14.9. The number of rotatable bonds is 6. The molecule has 0 radical (unpaired) electrons. The Labute approximate surface area is 151 Å². The van der Waals surface area contributed by atoms with Crippen LogP contribution in [-0.4, -0.2) is 25.5 Å². The largest absolute Gasteiger partial charge is 0.493 e. The summed E-state index contributed by atoms with van der Waals surface area (Å²) in [6.07, 6.45) is 1.57. The van der Waals surface area contributed by atoms with Crippen LogP contribution in [0.2, 0.25) is 5.02 Å². The van der Waals surface area contributed by atoms with E-state index in [1.807, 2.05) is 30.3 Å². The average Bonchev–Trinajstić information content (AvgIpc) is 2.62. The Balaban J connectivity index is 1.93. The number of nitrogens with one attached hydrogen (secondary N) is 2. The van der Waals surface area contributed by atoms with Crippen LogP contribution in [0.5, 0.6) is 11.5 Å². The summed E-state index contributed by atoms with van der Waals surface area (Å²) >= 11 is 11.5. The molecule has 0 fully saturated rings. The number of ether oxygens (including phenoxy) is 2. The Kier molecular flexibility index (Phi) is 6.84. The number of halogens is 1. The Bertz CT molecular complexity index is 723. The predicted octanol–water partition coefficient (Wildman–Crippen LogP) is 3.36. The van der Waals surface area contributed by atoms with Crippen LogP contribution >= 0.6 is 23.8 Å². The number of nitrogens with zero attached hydrogens (tertiary/aromatic N) is 1. The van der Waals surface area contributed by atoms with Gasteiger partial charge in [0.05, 0.1) is 25.5 Å². The molecule has 0 atom stereocenters. The van der Waals surface area contributed by atoms with Gasteiger partial charge in [-0.05, 0) is 29.9 Å². The van der Waals surface area contributed by atoms with E-state index in [0.29, 0.717) is 33.7 Å². The first-order valence-electron chi connectivity index (χ1n) is 7.17. The SMILES string of the molecule is COc1ccc(/C=N\NC(=S)NCc2ccccc2)c(Cl)c1OC. The van der Waals surface area contributed by atoms with Gasteiger partial charge in [0.2, 0.25) is 0 Å². The Morgan fingerprint density at radius 1 is 1.17 bits per heavy atom. The highest BCUT2D eigenvalue weighted by Gasteiger charge is 2.11. The Hall–Kier alpha value is -2.31. The number of hydrazone groups is 1. The van der Waals surface area contributed by atoms with E-state index in [9.17, 15) is 0 Å². The lowest BCUT2D eigenvalue weighted by molar-refractivity contribution is 0.355. The maximum atomic E-state index is 6.28. The molecule has 2 rings (SSSR count). The fourth-order valence-electron chi connectivity index (χ4n) is 1.98. The molecule has 0 aliphatic rings. The van der Waals surface area contributed by atoms with Gasteiger partial charge in [-0.2, -0.15) is 5.10 Å². The van der Waals surface area contributed by atoms with E-state index < -0.39 is 0 Å². The first kappa shape index (κ1) is 18.0. The molecule has 2 N–H and O–H groups in total. The molecule has 0 aromatic heterocycles. The van der Waals surface area contributed by atoms with Crippen molar-refractivity contribution in [2.45, 2.75) is 6.54 Å². The minimum atomic E-state index is 0.422. The summed E-state index contributed by atoms with van der Waals surface area (Å²) in [6.45, 7) is 0.624. The first-order chi connectivity index (χ1) is 11.7. The zero-order valence-electron chi connectivity index (χ0n) is 13.4. The van der Waals surface area contributed by atoms with Crippen LogP contribution in [0, 0.1) is 0 Å². The predicted molar refractivity (Wildman–Crippen MR) is 101 cm³/mol. The second kappa shape index (κ2) is 9.10. The van der Waals surface area contributed by atoms with Gasteiger partial charge in [0.1, 0.15) is 0 Å². The van der Waals surface area contributed by atoms with Gasteiger partial charge >= 0.3 is 0 Å². The molecule has 0 aliphatic heterocycles. The highest BCUT2D eigenvalue weighted by molar-refractivity contribution is 7.80. The molecule has 0 saturated carbocycles. The topological polar surface area (TPSA) is 54.9 Å². The second-order valence-electron chi connectivity index (χ2n) is 4.74. The Morgan fingerprint density at radius 3 is 2.58 bits per heavy atom. The molecule has 0 saturated heterocycles. The fourth-order valence-corrected chi connectivity index (χ4v) is 2.39. The minimum Gasteiger partial charge on any atom is -0.493 e. The van der Waals surface area contributed by atoms with Gasteiger partial charge in [0, 0.05) is 12.1 Å². The number of benzene rings is 2. The molecule has 0 aliphatic carbocycles. The van der Waals surface area contributed by atoms with Crippen LogP contribution in [-0.2, 0) is 6.54 Å². The highest BCUT2D eigenvalue weighted by Crippen LogP contribution is 2.36. The van der Waals surface area contributed by atoms with E-state index in [4.69, 9.17) is 33.3 Å². The number of thiocarbonyl (C=S) groups is 1. The van der Waals surface area contributed by atoms with Crippen molar-refractivity contribution in [1.82, 2.24) is 10.7 Å². The molecule has 0 bridgehead atoms. The minimum absolute atomic E-state index is 0.422. The van der Waals surface area contributed by atoms with Crippen LogP contribution in [0.25, 0.3) is 0 Å². The maximum absolute atomic E-state index is 6.28. The summed E-state index contributed by atoms with van der Waals surface area (Å²) in [6, 6.07) is 13.5. The normalized spacial score (nSPS) is 10.5. The van der Waals surface area contributed by atoms with Gasteiger partial charge < -0.3 is 14.8 Å². The van der Waals surface area contributed by atoms with Crippen LogP contribution in [0.3, 0.4) is 0 Å². The van der Waals surface area contributed by atoms with E-state index in [-0.39, 0.29) is 0 Å². The van der Waals surface area contributed by atoms with Crippen molar-refractivity contribution in [3.8, 4) is 11.5 Å². The number of hydrogen-bond donors (Lipinski definition) is 2. The van der Waals surface area contributed by atoms with Crippen LogP contribution in [0.4, 0.5) is 0 Å². The number of hydrogen-bond acceptors (Lipinski definition) is 4. The standard InChI is InChI=1S/C17H18ClN3O2S/c1-22-14-9-8-13(15(18)16(14)23-2)11-20-21-17(24)19-10-12-6-4-3-5-7-12/h3-9,11H,10H2,1-2H3,(H2,19,21,24)/b20-11-. The monoisotopic (exact) mass is 363 g/mol. The third-order valence-electron chi connectivity index (χ3n) is 3.18. The molecule has 5 nitrogen and oxygen atoms in total. The van der Waals surface area contributed by atoms with E-state index >= 15 is 0 Å². The lowest BCUT2D eigenvalue weighted by atomic mass is 10.2. The smallest absolute Gasteiger partial charge is 0.187 e. The summed E-state index contributed by atoms with van der Waals surface area (Å²) in [7, 11) is 3.09. The summed E-state index contributed by atoms with van der Waals surface area (Å²) in [4.78, 5) is 0. The molecule has 126 valence electrons. The van der Waals surface area contributed by atoms with Gasteiger partial charge in [-0.3, -0.25) is 5.43 Å². The maximum Gasteiger partial charge on any atom is 0.187 e. The second-order valence-corrected chi connectivity index (χ2v) is 5.53. The van der Waals surface area contributed by atoms with Crippen molar-refractivity contribution < 1.29 is 9.47 Å². The first-order valence-corrected chi connectivity index (χ1v) is 7.95. The molecular formula is C17H18ClN3O2S. The van der Waals surface area contributed by atoms with Crippen LogP contribution in [0.1, 0.15) is 11.1 Å². The van der Waals surface area contributed by atoms with E-state index in [1.165, 1.54) is 7.11 Å². The van der Waals surface area contributed by atoms with E-state index in [2.05, 4.69) is 15.8 Å². The van der Waals surface area contributed by atoms with Gasteiger partial charge in [0.25, 0.3) is 0 Å². The lowest BCUT2D eigenvalue weighted by Crippen LogP contribution is -2.31. The summed E-state index contributed by atoms with van der Waals surface area (Å²) in [5.41, 5.74) is 4.57. The van der Waals surface area contributed by atoms with Crippen molar-refractivity contribution >= 4 is 35.1 Å². The van der Waals surface area contributed by atoms with Crippen LogP contribution < -0.4 is 20.2 Å². The quantitative estimate of drug-likeness (QED) is 0.468. The Morgan fingerprint density at radius 2 is 1.92 bits per heavy atom. The van der Waals surface area contributed by atoms with Gasteiger partial charge in [-0.25, -0.2) is 0 Å². The highest BCUT2D eigenvalue weighted by atomic mass is 35.5. The number of methoxy groups -OCH3 is 2. The molecule has 24 heavy (non-hydrogen) atoms. The van der Waals surface area contributed by atoms with Crippen molar-refractivity contribution in [2.75, 3.05) is 14.2 Å². The van der Waals surface area contributed by atoms with Crippen molar-refractivity contribution in [1.29, 1.82) is 0 Å². The molecular weight excluding hydrogens is 346 g/mol. The molecule has 0 spiro atoms. The van der Waals surface area contributed by atoms with Crippen molar-refractivity contribution in [3.63, 3.8) is 0 Å². The summed E-state index contributed by atoms with van der Waals surface area (Å²) < 4.78 is 10.4. The summed E-state index contributed by atoms with van der Waals surface area (Å²) in [5, 5.41) is 8.00. The van der Waals surface area contributed by atoms with Crippen molar-refractivity contribution in [2.24, 2.45) is 5.10 Å². The molecule has 0 heterocycles.